The summed E-state index contributed by atoms with van der Waals surface area (Å²) in [6, 6.07) is 9.17. The quantitative estimate of drug-likeness (QED) is 0.689. The van der Waals surface area contributed by atoms with E-state index in [2.05, 4.69) is 0 Å². The first-order chi connectivity index (χ1) is 5.72. The molecule has 1 aromatic carbocycles. The molecule has 0 fully saturated rings. The minimum atomic E-state index is -0.808. The Kier molecular flexibility index (Phi) is 3.01. The lowest BCUT2D eigenvalue weighted by Crippen LogP contribution is -1.91. The van der Waals surface area contributed by atoms with Crippen molar-refractivity contribution in [1.29, 1.82) is 5.26 Å². The molecular weight excluding hydrogens is 170 g/mol. The van der Waals surface area contributed by atoms with Gasteiger partial charge in [0.25, 0.3) is 0 Å². The van der Waals surface area contributed by atoms with Crippen molar-refractivity contribution in [2.75, 3.05) is 6.26 Å². The fourth-order valence-corrected chi connectivity index (χ4v) is 1.57. The highest BCUT2D eigenvalue weighted by Gasteiger charge is 1.95. The van der Waals surface area contributed by atoms with Gasteiger partial charge in [0.1, 0.15) is 0 Å². The number of nitriles is 1. The molecule has 62 valence electrons. The van der Waals surface area contributed by atoms with Gasteiger partial charge < -0.3 is 0 Å². The predicted molar refractivity (Wildman–Crippen MR) is 48.9 cm³/mol. The first kappa shape index (κ1) is 8.95. The van der Waals surface area contributed by atoms with Crippen LogP contribution < -0.4 is 0 Å². The van der Waals surface area contributed by atoms with E-state index in [0.29, 0.717) is 11.3 Å². The molecule has 0 saturated carbocycles. The zero-order chi connectivity index (χ0) is 8.97. The molecule has 3 heteroatoms. The topological polar surface area (TPSA) is 40.9 Å². The van der Waals surface area contributed by atoms with E-state index in [1.807, 2.05) is 18.2 Å². The van der Waals surface area contributed by atoms with Crippen molar-refractivity contribution in [2.24, 2.45) is 0 Å². The van der Waals surface area contributed by atoms with Gasteiger partial charge in [0.2, 0.25) is 0 Å². The summed E-state index contributed by atoms with van der Waals surface area (Å²) >= 11 is 0. The average Bonchev–Trinajstić information content (AvgIpc) is 2.05. The molecule has 0 aliphatic heterocycles. The van der Waals surface area contributed by atoms with Gasteiger partial charge in [-0.1, -0.05) is 12.1 Å². The Morgan fingerprint density at radius 3 is 2.42 bits per heavy atom. The number of rotatable bonds is 2. The van der Waals surface area contributed by atoms with Gasteiger partial charge in [-0.2, -0.15) is 5.26 Å². The first-order valence-electron chi connectivity index (χ1n) is 3.51. The maximum Gasteiger partial charge on any atom is 0.0991 e. The molecule has 0 bridgehead atoms. The molecule has 2 nitrogen and oxygen atoms in total. The number of hydrogen-bond acceptors (Lipinski definition) is 2. The van der Waals surface area contributed by atoms with Gasteiger partial charge in [0.15, 0.2) is 0 Å². The van der Waals surface area contributed by atoms with E-state index in [9.17, 15) is 4.21 Å². The molecule has 1 aromatic rings. The molecule has 12 heavy (non-hydrogen) atoms. The Morgan fingerprint density at radius 2 is 2.00 bits per heavy atom. The molecule has 0 aliphatic carbocycles. The summed E-state index contributed by atoms with van der Waals surface area (Å²) in [6.07, 6.45) is 1.66. The Bertz CT molecular complexity index is 323. The smallest absolute Gasteiger partial charge is 0.0991 e. The molecule has 1 atom stereocenters. The molecule has 0 saturated heterocycles. The largest absolute Gasteiger partial charge is 0.260 e. The molecule has 0 aliphatic rings. The fourth-order valence-electron chi connectivity index (χ4n) is 0.910. The zero-order valence-electron chi connectivity index (χ0n) is 6.78. The summed E-state index contributed by atoms with van der Waals surface area (Å²) in [5.41, 5.74) is 1.65. The van der Waals surface area contributed by atoms with Crippen LogP contribution in [0.1, 0.15) is 11.1 Å². The van der Waals surface area contributed by atoms with E-state index >= 15 is 0 Å². The lowest BCUT2D eigenvalue weighted by Gasteiger charge is -1.96. The van der Waals surface area contributed by atoms with E-state index in [1.165, 1.54) is 0 Å². The van der Waals surface area contributed by atoms with Crippen LogP contribution in [-0.2, 0) is 16.6 Å². The van der Waals surface area contributed by atoms with Gasteiger partial charge in [-0.05, 0) is 17.7 Å². The van der Waals surface area contributed by atoms with E-state index < -0.39 is 10.8 Å². The SMILES string of the molecule is C[S@](=O)Cc1ccc(C#N)cc1. The molecule has 0 heterocycles. The van der Waals surface area contributed by atoms with Crippen molar-refractivity contribution in [3.05, 3.63) is 35.4 Å². The Hall–Kier alpha value is -1.14. The zero-order valence-corrected chi connectivity index (χ0v) is 7.60. The van der Waals surface area contributed by atoms with Gasteiger partial charge >= 0.3 is 0 Å². The molecule has 0 N–H and O–H groups in total. The molecule has 0 aromatic heterocycles. The summed E-state index contributed by atoms with van der Waals surface area (Å²) in [5, 5.41) is 8.50. The van der Waals surface area contributed by atoms with Crippen molar-refractivity contribution in [1.82, 2.24) is 0 Å². The second-order valence-electron chi connectivity index (χ2n) is 2.53. The van der Waals surface area contributed by atoms with Gasteiger partial charge in [-0.3, -0.25) is 4.21 Å². The highest BCUT2D eigenvalue weighted by molar-refractivity contribution is 7.83. The first-order valence-corrected chi connectivity index (χ1v) is 5.24. The standard InChI is InChI=1S/C9H9NOS/c1-12(11)7-9-4-2-8(6-10)3-5-9/h2-5H,7H2,1H3/t12-/m0/s1. The van der Waals surface area contributed by atoms with Crippen molar-refractivity contribution < 1.29 is 4.21 Å². The summed E-state index contributed by atoms with van der Waals surface area (Å²) in [6.45, 7) is 0. The Labute approximate surface area is 74.3 Å². The normalized spacial score (nSPS) is 12.0. The van der Waals surface area contributed by atoms with Crippen LogP contribution in [0.15, 0.2) is 24.3 Å². The summed E-state index contributed by atoms with van der Waals surface area (Å²) in [4.78, 5) is 0. The Balaban J connectivity index is 2.80. The maximum absolute atomic E-state index is 10.8. The third-order valence-electron chi connectivity index (χ3n) is 1.45. The number of nitrogens with zero attached hydrogens (tertiary/aromatic N) is 1. The molecule has 0 spiro atoms. The van der Waals surface area contributed by atoms with Crippen molar-refractivity contribution in [3.63, 3.8) is 0 Å². The lowest BCUT2D eigenvalue weighted by atomic mass is 10.2. The minimum Gasteiger partial charge on any atom is -0.260 e. The van der Waals surface area contributed by atoms with Crippen LogP contribution in [0.5, 0.6) is 0 Å². The van der Waals surface area contributed by atoms with E-state index in [-0.39, 0.29) is 0 Å². The van der Waals surface area contributed by atoms with Crippen LogP contribution in [0, 0.1) is 11.3 Å². The van der Waals surface area contributed by atoms with Crippen LogP contribution in [0.25, 0.3) is 0 Å². The third-order valence-corrected chi connectivity index (χ3v) is 2.19. The van der Waals surface area contributed by atoms with Crippen LogP contribution in [-0.4, -0.2) is 10.5 Å². The Morgan fingerprint density at radius 1 is 1.42 bits per heavy atom. The summed E-state index contributed by atoms with van der Waals surface area (Å²) in [7, 11) is -0.808. The van der Waals surface area contributed by atoms with Gasteiger partial charge in [-0.15, -0.1) is 0 Å². The average molecular weight is 179 g/mol. The van der Waals surface area contributed by atoms with Crippen molar-refractivity contribution in [3.8, 4) is 6.07 Å². The van der Waals surface area contributed by atoms with Gasteiger partial charge in [-0.25, -0.2) is 0 Å². The van der Waals surface area contributed by atoms with Crippen molar-refractivity contribution in [2.45, 2.75) is 5.75 Å². The molecule has 0 amide bonds. The monoisotopic (exact) mass is 179 g/mol. The molecule has 1 rings (SSSR count). The van der Waals surface area contributed by atoms with E-state index in [4.69, 9.17) is 5.26 Å². The van der Waals surface area contributed by atoms with Crippen LogP contribution >= 0.6 is 0 Å². The van der Waals surface area contributed by atoms with Crippen LogP contribution in [0.3, 0.4) is 0 Å². The highest BCUT2D eigenvalue weighted by Crippen LogP contribution is 2.04. The summed E-state index contributed by atoms with van der Waals surface area (Å²) < 4.78 is 10.8. The number of benzene rings is 1. The molecular formula is C9H9NOS. The maximum atomic E-state index is 10.8. The van der Waals surface area contributed by atoms with E-state index in [1.54, 1.807) is 18.4 Å². The van der Waals surface area contributed by atoms with Crippen molar-refractivity contribution >= 4 is 10.8 Å². The second kappa shape index (κ2) is 4.03. The lowest BCUT2D eigenvalue weighted by molar-refractivity contribution is 0.686. The van der Waals surface area contributed by atoms with Crippen LogP contribution in [0.2, 0.25) is 0 Å². The highest BCUT2D eigenvalue weighted by atomic mass is 32.2. The van der Waals surface area contributed by atoms with Gasteiger partial charge in [0, 0.05) is 22.8 Å². The minimum absolute atomic E-state index is 0.561. The molecule has 0 radical (unpaired) electrons. The third kappa shape index (κ3) is 2.48. The molecule has 0 unspecified atom stereocenters. The van der Waals surface area contributed by atoms with Crippen LogP contribution in [0.4, 0.5) is 0 Å². The fraction of sp³-hybridized carbons (Fsp3) is 0.222. The predicted octanol–water partition coefficient (Wildman–Crippen LogP) is 1.44. The van der Waals surface area contributed by atoms with Gasteiger partial charge in [0.05, 0.1) is 11.6 Å². The summed E-state index contributed by atoms with van der Waals surface area (Å²) in [5.74, 6) is 0.561. The second-order valence-corrected chi connectivity index (χ2v) is 3.96. The number of hydrogen-bond donors (Lipinski definition) is 0. The van der Waals surface area contributed by atoms with E-state index in [0.717, 1.165) is 5.56 Å².